The van der Waals surface area contributed by atoms with Crippen molar-refractivity contribution in [1.29, 1.82) is 0 Å². The molecule has 1 amide bonds. The molecule has 1 heterocycles. The van der Waals surface area contributed by atoms with Gasteiger partial charge in [-0.3, -0.25) is 4.79 Å². The summed E-state index contributed by atoms with van der Waals surface area (Å²) in [6.07, 6.45) is 6.01. The summed E-state index contributed by atoms with van der Waals surface area (Å²) in [5.74, 6) is 0.674. The highest BCUT2D eigenvalue weighted by atomic mass is 16.2. The van der Waals surface area contributed by atoms with Crippen molar-refractivity contribution in [2.75, 3.05) is 6.54 Å². The number of rotatable bonds is 3. The largest absolute Gasteiger partial charge is 0.319 e. The van der Waals surface area contributed by atoms with Crippen LogP contribution in [0.3, 0.4) is 0 Å². The lowest BCUT2D eigenvalue weighted by atomic mass is 9.87. The van der Waals surface area contributed by atoms with Crippen molar-refractivity contribution in [2.24, 2.45) is 5.41 Å². The summed E-state index contributed by atoms with van der Waals surface area (Å²) in [5, 5.41) is 0. The summed E-state index contributed by atoms with van der Waals surface area (Å²) in [4.78, 5) is 14.2. The summed E-state index contributed by atoms with van der Waals surface area (Å²) in [6.45, 7) is 6.93. The Labute approximate surface area is 116 Å². The number of hydrogen-bond acceptors (Lipinski definition) is 1. The zero-order valence-corrected chi connectivity index (χ0v) is 12.1. The average molecular weight is 257 g/mol. The van der Waals surface area contributed by atoms with Crippen LogP contribution in [0.15, 0.2) is 42.6 Å². The summed E-state index contributed by atoms with van der Waals surface area (Å²) in [6, 6.07) is 10.5. The lowest BCUT2D eigenvalue weighted by molar-refractivity contribution is -0.138. The molecule has 1 atom stereocenters. The molecular weight excluding hydrogens is 234 g/mol. The van der Waals surface area contributed by atoms with Crippen LogP contribution in [0.2, 0.25) is 0 Å². The van der Waals surface area contributed by atoms with Gasteiger partial charge < -0.3 is 4.90 Å². The molecular formula is C17H23NO. The van der Waals surface area contributed by atoms with Gasteiger partial charge in [-0.15, -0.1) is 0 Å². The van der Waals surface area contributed by atoms with E-state index in [1.165, 1.54) is 5.56 Å². The van der Waals surface area contributed by atoms with Crippen molar-refractivity contribution in [1.82, 2.24) is 4.90 Å². The second-order valence-electron chi connectivity index (χ2n) is 5.88. The molecule has 1 aromatic rings. The molecule has 0 radical (unpaired) electrons. The molecule has 0 bridgehead atoms. The van der Waals surface area contributed by atoms with Crippen molar-refractivity contribution in [2.45, 2.75) is 39.5 Å². The molecule has 0 aliphatic carbocycles. The van der Waals surface area contributed by atoms with Crippen LogP contribution < -0.4 is 0 Å². The van der Waals surface area contributed by atoms with E-state index in [9.17, 15) is 4.79 Å². The van der Waals surface area contributed by atoms with E-state index >= 15 is 0 Å². The quantitative estimate of drug-likeness (QED) is 0.803. The van der Waals surface area contributed by atoms with E-state index in [-0.39, 0.29) is 11.3 Å². The predicted molar refractivity (Wildman–Crippen MR) is 78.7 cm³/mol. The van der Waals surface area contributed by atoms with Crippen LogP contribution in [0.1, 0.15) is 45.1 Å². The smallest absolute Gasteiger partial charge is 0.232 e. The van der Waals surface area contributed by atoms with Gasteiger partial charge in [0.25, 0.3) is 0 Å². The van der Waals surface area contributed by atoms with Gasteiger partial charge in [-0.05, 0) is 18.4 Å². The fourth-order valence-corrected chi connectivity index (χ4v) is 2.34. The van der Waals surface area contributed by atoms with Crippen LogP contribution in [0.25, 0.3) is 0 Å². The van der Waals surface area contributed by atoms with Gasteiger partial charge in [0.15, 0.2) is 0 Å². The summed E-state index contributed by atoms with van der Waals surface area (Å²) >= 11 is 0. The van der Waals surface area contributed by atoms with Crippen molar-refractivity contribution >= 4 is 5.91 Å². The Bertz CT molecular complexity index is 461. The van der Waals surface area contributed by atoms with E-state index in [1.54, 1.807) is 0 Å². The number of carbonyl (C=O) groups excluding carboxylic acids is 1. The number of benzene rings is 1. The highest BCUT2D eigenvalue weighted by Crippen LogP contribution is 2.29. The first-order valence-corrected chi connectivity index (χ1v) is 7.09. The molecule has 1 aliphatic heterocycles. The Morgan fingerprint density at radius 2 is 2.00 bits per heavy atom. The van der Waals surface area contributed by atoms with Crippen LogP contribution in [0.5, 0.6) is 0 Å². The minimum atomic E-state index is -0.260. The first-order chi connectivity index (χ1) is 9.04. The maximum absolute atomic E-state index is 12.4. The topological polar surface area (TPSA) is 20.3 Å². The first-order valence-electron chi connectivity index (χ1n) is 7.09. The van der Waals surface area contributed by atoms with Crippen LogP contribution in [0, 0.1) is 5.41 Å². The monoisotopic (exact) mass is 257 g/mol. The second-order valence-corrected chi connectivity index (χ2v) is 5.88. The van der Waals surface area contributed by atoms with E-state index in [0.717, 1.165) is 19.4 Å². The Morgan fingerprint density at radius 3 is 2.53 bits per heavy atom. The molecule has 2 heteroatoms. The highest BCUT2D eigenvalue weighted by molar-refractivity contribution is 5.82. The van der Waals surface area contributed by atoms with Gasteiger partial charge in [0.1, 0.15) is 0 Å². The molecule has 0 N–H and O–H groups in total. The molecule has 0 fully saturated rings. The second kappa shape index (κ2) is 5.60. The summed E-state index contributed by atoms with van der Waals surface area (Å²) in [5.41, 5.74) is 1.07. The van der Waals surface area contributed by atoms with Gasteiger partial charge in [0, 0.05) is 24.1 Å². The molecule has 0 spiro atoms. The van der Waals surface area contributed by atoms with Crippen LogP contribution in [-0.2, 0) is 4.79 Å². The Kier molecular flexibility index (Phi) is 4.08. The van der Waals surface area contributed by atoms with Crippen molar-refractivity contribution in [3.8, 4) is 0 Å². The molecule has 0 saturated carbocycles. The Balaban J connectivity index is 2.06. The Hall–Kier alpha value is -1.57. The minimum Gasteiger partial charge on any atom is -0.319 e. The van der Waals surface area contributed by atoms with Crippen LogP contribution in [-0.4, -0.2) is 17.4 Å². The maximum Gasteiger partial charge on any atom is 0.232 e. The lowest BCUT2D eigenvalue weighted by Crippen LogP contribution is -2.39. The first kappa shape index (κ1) is 13.9. The predicted octanol–water partition coefficient (Wildman–Crippen LogP) is 3.95. The van der Waals surface area contributed by atoms with Gasteiger partial charge in [0.2, 0.25) is 5.91 Å². The molecule has 0 aromatic heterocycles. The lowest BCUT2D eigenvalue weighted by Gasteiger charge is -2.32. The third kappa shape index (κ3) is 3.06. The zero-order chi connectivity index (χ0) is 13.9. The van der Waals surface area contributed by atoms with E-state index in [2.05, 4.69) is 37.3 Å². The van der Waals surface area contributed by atoms with E-state index in [0.29, 0.717) is 5.92 Å². The van der Waals surface area contributed by atoms with Gasteiger partial charge in [0.05, 0.1) is 0 Å². The van der Waals surface area contributed by atoms with Crippen molar-refractivity contribution in [3.05, 3.63) is 48.2 Å². The van der Waals surface area contributed by atoms with E-state index < -0.39 is 0 Å². The van der Waals surface area contributed by atoms with E-state index in [1.807, 2.05) is 31.0 Å². The van der Waals surface area contributed by atoms with Gasteiger partial charge in [-0.2, -0.15) is 0 Å². The maximum atomic E-state index is 12.4. The fourth-order valence-electron chi connectivity index (χ4n) is 2.34. The minimum absolute atomic E-state index is 0.234. The summed E-state index contributed by atoms with van der Waals surface area (Å²) in [7, 11) is 0. The number of carbonyl (C=O) groups is 1. The van der Waals surface area contributed by atoms with Gasteiger partial charge >= 0.3 is 0 Å². The molecule has 19 heavy (non-hydrogen) atoms. The van der Waals surface area contributed by atoms with Crippen molar-refractivity contribution in [3.63, 3.8) is 0 Å². The molecule has 2 rings (SSSR count). The molecule has 2 nitrogen and oxygen atoms in total. The summed E-state index contributed by atoms with van der Waals surface area (Å²) < 4.78 is 0. The highest BCUT2D eigenvalue weighted by Gasteiger charge is 2.30. The number of nitrogens with zero attached hydrogens (tertiary/aromatic N) is 1. The van der Waals surface area contributed by atoms with Crippen LogP contribution >= 0.6 is 0 Å². The Morgan fingerprint density at radius 1 is 1.32 bits per heavy atom. The van der Waals surface area contributed by atoms with Gasteiger partial charge in [-0.25, -0.2) is 0 Å². The molecule has 102 valence electrons. The number of allylic oxidation sites excluding steroid dienone is 1. The van der Waals surface area contributed by atoms with Crippen molar-refractivity contribution < 1.29 is 4.79 Å². The standard InChI is InChI=1S/C17H23NO/c1-4-17(2,3)16(19)18-12-10-15(11-13-18)14-8-6-5-7-9-14/h5-10,12,15H,4,11,13H2,1-3H3. The van der Waals surface area contributed by atoms with E-state index in [4.69, 9.17) is 0 Å². The number of hydrogen-bond donors (Lipinski definition) is 0. The van der Waals surface area contributed by atoms with Gasteiger partial charge in [-0.1, -0.05) is 57.2 Å². The molecule has 0 saturated heterocycles. The molecule has 1 aliphatic rings. The normalized spacial score (nSPS) is 19.5. The SMILES string of the molecule is CCC(C)(C)C(=O)N1C=CC(c2ccccc2)CC1. The van der Waals surface area contributed by atoms with Crippen LogP contribution in [0.4, 0.5) is 0 Å². The average Bonchev–Trinajstić information content (AvgIpc) is 2.47. The third-order valence-corrected chi connectivity index (χ3v) is 4.13. The third-order valence-electron chi connectivity index (χ3n) is 4.13. The zero-order valence-electron chi connectivity index (χ0n) is 12.1. The number of amides is 1. The fraction of sp³-hybridized carbons (Fsp3) is 0.471. The molecule has 1 unspecified atom stereocenters. The molecule has 1 aromatic carbocycles.